The summed E-state index contributed by atoms with van der Waals surface area (Å²) >= 11 is 1.46. The maximum absolute atomic E-state index is 12.4. The first-order chi connectivity index (χ1) is 8.79. The second-order valence-corrected chi connectivity index (χ2v) is 7.08. The van der Waals surface area contributed by atoms with Gasteiger partial charge in [0.2, 0.25) is 0 Å². The van der Waals surface area contributed by atoms with Crippen LogP contribution in [0.25, 0.3) is 0 Å². The van der Waals surface area contributed by atoms with Crippen molar-refractivity contribution >= 4 is 22.1 Å². The van der Waals surface area contributed by atoms with Gasteiger partial charge in [-0.1, -0.05) is 45.0 Å². The Morgan fingerprint density at radius 1 is 1.16 bits per heavy atom. The number of benzene rings is 1. The molecule has 0 unspecified atom stereocenters. The first-order valence-corrected chi connectivity index (χ1v) is 7.12. The van der Waals surface area contributed by atoms with E-state index in [1.54, 1.807) is 0 Å². The van der Waals surface area contributed by atoms with Gasteiger partial charge in [0.1, 0.15) is 0 Å². The predicted molar refractivity (Wildman–Crippen MR) is 82.0 cm³/mol. The van der Waals surface area contributed by atoms with Crippen molar-refractivity contribution in [3.05, 3.63) is 51.9 Å². The van der Waals surface area contributed by atoms with Gasteiger partial charge >= 0.3 is 0 Å². The molecule has 3 heteroatoms. The zero-order chi connectivity index (χ0) is 14.2. The van der Waals surface area contributed by atoms with Crippen molar-refractivity contribution in [3.8, 4) is 0 Å². The van der Waals surface area contributed by atoms with E-state index in [2.05, 4.69) is 20.8 Å². The predicted octanol–water partition coefficient (Wildman–Crippen LogP) is 4.17. The molecule has 0 bridgehead atoms. The maximum atomic E-state index is 12.4. The van der Waals surface area contributed by atoms with Crippen LogP contribution in [-0.2, 0) is 5.41 Å². The molecule has 0 radical (unpaired) electrons. The second-order valence-electron chi connectivity index (χ2n) is 5.79. The highest BCUT2D eigenvalue weighted by Gasteiger charge is 2.17. The number of hydrogen-bond donors (Lipinski definition) is 1. The van der Waals surface area contributed by atoms with Crippen molar-refractivity contribution in [2.45, 2.75) is 33.1 Å². The summed E-state index contributed by atoms with van der Waals surface area (Å²) in [6.45, 7) is 8.43. The number of nitrogen functional groups attached to an aromatic ring is 1. The molecule has 100 valence electrons. The zero-order valence-electron chi connectivity index (χ0n) is 11.8. The van der Waals surface area contributed by atoms with Gasteiger partial charge in [0.05, 0.1) is 10.6 Å². The fourth-order valence-electron chi connectivity index (χ4n) is 1.99. The summed E-state index contributed by atoms with van der Waals surface area (Å²) in [6.07, 6.45) is 0. The molecular weight excluding hydrogens is 254 g/mol. The van der Waals surface area contributed by atoms with Crippen molar-refractivity contribution in [1.29, 1.82) is 0 Å². The van der Waals surface area contributed by atoms with Crippen molar-refractivity contribution in [1.82, 2.24) is 0 Å². The third-order valence-corrected chi connectivity index (χ3v) is 4.02. The lowest BCUT2D eigenvalue weighted by Crippen LogP contribution is -2.11. The fraction of sp³-hybridized carbons (Fsp3) is 0.312. The van der Waals surface area contributed by atoms with Crippen LogP contribution >= 0.6 is 11.3 Å². The minimum Gasteiger partial charge on any atom is -0.390 e. The molecule has 0 fully saturated rings. The molecule has 0 aliphatic carbocycles. The summed E-state index contributed by atoms with van der Waals surface area (Å²) in [5.41, 5.74) is 8.50. The summed E-state index contributed by atoms with van der Waals surface area (Å²) in [6, 6.07) is 9.66. The van der Waals surface area contributed by atoms with Crippen molar-refractivity contribution < 1.29 is 4.79 Å². The van der Waals surface area contributed by atoms with Crippen LogP contribution in [0, 0.1) is 6.92 Å². The molecule has 0 saturated heterocycles. The minimum atomic E-state index is 0.00214. The molecule has 0 aliphatic heterocycles. The van der Waals surface area contributed by atoms with Crippen LogP contribution in [0.1, 0.15) is 47.1 Å². The van der Waals surface area contributed by atoms with Crippen LogP contribution < -0.4 is 5.73 Å². The second kappa shape index (κ2) is 4.82. The highest BCUT2D eigenvalue weighted by atomic mass is 32.1. The van der Waals surface area contributed by atoms with Gasteiger partial charge in [0, 0.05) is 10.4 Å². The van der Waals surface area contributed by atoms with Crippen molar-refractivity contribution in [3.63, 3.8) is 0 Å². The Bertz CT molecular complexity index is 603. The highest BCUT2D eigenvalue weighted by molar-refractivity contribution is 7.16. The van der Waals surface area contributed by atoms with Gasteiger partial charge in [-0.25, -0.2) is 0 Å². The Morgan fingerprint density at radius 3 is 2.16 bits per heavy atom. The quantitative estimate of drug-likeness (QED) is 0.835. The molecule has 19 heavy (non-hydrogen) atoms. The van der Waals surface area contributed by atoms with Gasteiger partial charge in [-0.05, 0) is 24.0 Å². The number of carbonyl (C=O) groups is 1. The molecule has 1 aromatic heterocycles. The van der Waals surface area contributed by atoms with E-state index in [-0.39, 0.29) is 11.2 Å². The van der Waals surface area contributed by atoms with E-state index in [4.69, 9.17) is 5.73 Å². The molecule has 2 rings (SSSR count). The topological polar surface area (TPSA) is 43.1 Å². The Kier molecular flexibility index (Phi) is 3.50. The molecule has 1 aromatic carbocycles. The van der Waals surface area contributed by atoms with E-state index in [0.29, 0.717) is 16.1 Å². The molecule has 2 aromatic rings. The van der Waals surface area contributed by atoms with E-state index in [9.17, 15) is 4.79 Å². The molecule has 0 amide bonds. The first-order valence-electron chi connectivity index (χ1n) is 6.30. The number of thiophene rings is 1. The summed E-state index contributed by atoms with van der Waals surface area (Å²) in [5.74, 6) is 0.00214. The van der Waals surface area contributed by atoms with E-state index < -0.39 is 0 Å². The molecule has 1 heterocycles. The molecule has 2 N–H and O–H groups in total. The van der Waals surface area contributed by atoms with Crippen LogP contribution in [0.2, 0.25) is 0 Å². The number of carbonyl (C=O) groups excluding carboxylic acids is 1. The van der Waals surface area contributed by atoms with Gasteiger partial charge in [0.15, 0.2) is 5.78 Å². The van der Waals surface area contributed by atoms with Gasteiger partial charge < -0.3 is 5.73 Å². The summed E-state index contributed by atoms with van der Waals surface area (Å²) < 4.78 is 0. The average Bonchev–Trinajstić information content (AvgIpc) is 2.66. The monoisotopic (exact) mass is 273 g/mol. The molecule has 0 atom stereocenters. The number of aryl methyl sites for hydroxylation is 1. The van der Waals surface area contributed by atoms with Crippen LogP contribution in [0.15, 0.2) is 30.3 Å². The van der Waals surface area contributed by atoms with Crippen LogP contribution in [-0.4, -0.2) is 5.78 Å². The lowest BCUT2D eigenvalue weighted by atomic mass is 9.86. The SMILES string of the molecule is Cc1cc(C(=O)c2ccc(C(C)(C)C)cc2)c(N)s1. The molecular formula is C16H19NOS. The van der Waals surface area contributed by atoms with Crippen molar-refractivity contribution in [2.24, 2.45) is 0 Å². The zero-order valence-corrected chi connectivity index (χ0v) is 12.6. The Hall–Kier alpha value is -1.61. The Morgan fingerprint density at radius 2 is 1.74 bits per heavy atom. The molecule has 0 spiro atoms. The smallest absolute Gasteiger partial charge is 0.195 e. The van der Waals surface area contributed by atoms with E-state index in [1.165, 1.54) is 16.9 Å². The van der Waals surface area contributed by atoms with Crippen LogP contribution in [0.3, 0.4) is 0 Å². The number of ketones is 1. The Labute approximate surface area is 118 Å². The third-order valence-electron chi connectivity index (χ3n) is 3.14. The fourth-order valence-corrected chi connectivity index (χ4v) is 2.77. The van der Waals surface area contributed by atoms with Crippen LogP contribution in [0.5, 0.6) is 0 Å². The van der Waals surface area contributed by atoms with Crippen molar-refractivity contribution in [2.75, 3.05) is 5.73 Å². The molecule has 0 saturated carbocycles. The minimum absolute atomic E-state index is 0.00214. The summed E-state index contributed by atoms with van der Waals surface area (Å²) in [5, 5.41) is 0.599. The van der Waals surface area contributed by atoms with Crippen LogP contribution in [0.4, 0.5) is 5.00 Å². The van der Waals surface area contributed by atoms with Gasteiger partial charge in [-0.3, -0.25) is 4.79 Å². The van der Waals surface area contributed by atoms with Gasteiger partial charge in [0.25, 0.3) is 0 Å². The largest absolute Gasteiger partial charge is 0.390 e. The Balaban J connectivity index is 2.33. The summed E-state index contributed by atoms with van der Waals surface area (Å²) in [4.78, 5) is 13.4. The van der Waals surface area contributed by atoms with E-state index >= 15 is 0 Å². The summed E-state index contributed by atoms with van der Waals surface area (Å²) in [7, 11) is 0. The van der Waals surface area contributed by atoms with E-state index in [1.807, 2.05) is 37.3 Å². The third kappa shape index (κ3) is 2.87. The first kappa shape index (κ1) is 13.8. The number of nitrogens with two attached hydrogens (primary N) is 1. The average molecular weight is 273 g/mol. The number of rotatable bonds is 2. The van der Waals surface area contributed by atoms with E-state index in [0.717, 1.165) is 4.88 Å². The molecule has 2 nitrogen and oxygen atoms in total. The normalized spacial score (nSPS) is 11.6. The molecule has 0 aliphatic rings. The lowest BCUT2D eigenvalue weighted by Gasteiger charge is -2.18. The standard InChI is InChI=1S/C16H19NOS/c1-10-9-13(15(17)19-10)14(18)11-5-7-12(8-6-11)16(2,3)4/h5-9H,17H2,1-4H3. The van der Waals surface area contributed by atoms with Gasteiger partial charge in [-0.2, -0.15) is 0 Å². The number of anilines is 1. The highest BCUT2D eigenvalue weighted by Crippen LogP contribution is 2.27. The number of hydrogen-bond acceptors (Lipinski definition) is 3. The maximum Gasteiger partial charge on any atom is 0.195 e. The lowest BCUT2D eigenvalue weighted by molar-refractivity contribution is 0.104. The van der Waals surface area contributed by atoms with Gasteiger partial charge in [-0.15, -0.1) is 11.3 Å².